The van der Waals surface area contributed by atoms with Crippen LogP contribution in [-0.4, -0.2) is 41.3 Å². The summed E-state index contributed by atoms with van der Waals surface area (Å²) < 4.78 is 5.25. The van der Waals surface area contributed by atoms with Crippen LogP contribution in [-0.2, 0) is 9.53 Å². The van der Waals surface area contributed by atoms with Gasteiger partial charge < -0.3 is 4.74 Å². The lowest BCUT2D eigenvalue weighted by Gasteiger charge is -2.16. The third kappa shape index (κ3) is 2.54. The molecule has 1 atom stereocenters. The molecule has 0 radical (unpaired) electrons. The first-order chi connectivity index (χ1) is 9.75. The average molecular weight is 290 g/mol. The van der Waals surface area contributed by atoms with E-state index in [0.29, 0.717) is 18.3 Å². The van der Waals surface area contributed by atoms with Crippen LogP contribution in [0.5, 0.6) is 0 Å². The molecule has 0 aromatic carbocycles. The minimum absolute atomic E-state index is 0.0416. The summed E-state index contributed by atoms with van der Waals surface area (Å²) in [7, 11) is 1.73. The van der Waals surface area contributed by atoms with Crippen molar-refractivity contribution in [3.05, 3.63) is 24.5 Å². The summed E-state index contributed by atoms with van der Waals surface area (Å²) in [6.07, 6.45) is 4.20. The first-order valence-corrected chi connectivity index (χ1v) is 7.16. The maximum Gasteiger partial charge on any atom is 0.234 e. The molecule has 2 aromatic rings. The van der Waals surface area contributed by atoms with Gasteiger partial charge in [0.15, 0.2) is 0 Å². The van der Waals surface area contributed by atoms with Crippen molar-refractivity contribution in [2.24, 2.45) is 5.92 Å². The van der Waals surface area contributed by atoms with Crippen LogP contribution in [0, 0.1) is 5.92 Å². The highest BCUT2D eigenvalue weighted by Gasteiger charge is 2.28. The molecule has 1 fully saturated rings. The second kappa shape index (κ2) is 5.64. The Balaban J connectivity index is 1.77. The van der Waals surface area contributed by atoms with Crippen molar-refractivity contribution in [2.45, 2.75) is 6.42 Å². The van der Waals surface area contributed by atoms with E-state index in [9.17, 15) is 4.79 Å². The number of hydrogen-bond donors (Lipinski definition) is 0. The third-order valence-corrected chi connectivity index (χ3v) is 4.29. The highest BCUT2D eigenvalue weighted by atomic mass is 32.1. The van der Waals surface area contributed by atoms with Gasteiger partial charge in [0.05, 0.1) is 12.5 Å². The molecule has 0 spiro atoms. The lowest BCUT2D eigenvalue weighted by molar-refractivity contribution is -0.122. The van der Waals surface area contributed by atoms with Gasteiger partial charge in [-0.25, -0.2) is 0 Å². The van der Waals surface area contributed by atoms with E-state index in [2.05, 4.69) is 15.2 Å². The summed E-state index contributed by atoms with van der Waals surface area (Å²) in [5.41, 5.74) is 0.953. The molecule has 3 rings (SSSR count). The van der Waals surface area contributed by atoms with Crippen LogP contribution in [0.2, 0.25) is 0 Å². The lowest BCUT2D eigenvalue weighted by Crippen LogP contribution is -2.33. The number of rotatable bonds is 3. The smallest absolute Gasteiger partial charge is 0.234 e. The molecule has 0 unspecified atom stereocenters. The number of hydrogen-bond acceptors (Lipinski definition) is 6. The van der Waals surface area contributed by atoms with Gasteiger partial charge in [0, 0.05) is 31.6 Å². The van der Waals surface area contributed by atoms with E-state index in [-0.39, 0.29) is 11.8 Å². The maximum atomic E-state index is 12.3. The fourth-order valence-electron chi connectivity index (χ4n) is 2.06. The van der Waals surface area contributed by atoms with Crippen LogP contribution in [0.15, 0.2) is 24.5 Å². The molecular weight excluding hydrogens is 276 g/mol. The van der Waals surface area contributed by atoms with Crippen LogP contribution in [0.4, 0.5) is 5.13 Å². The van der Waals surface area contributed by atoms with Gasteiger partial charge in [0.25, 0.3) is 0 Å². The van der Waals surface area contributed by atoms with E-state index in [1.54, 1.807) is 24.3 Å². The van der Waals surface area contributed by atoms with Crippen molar-refractivity contribution in [1.29, 1.82) is 0 Å². The number of anilines is 1. The van der Waals surface area contributed by atoms with Gasteiger partial charge in [-0.2, -0.15) is 0 Å². The molecule has 20 heavy (non-hydrogen) atoms. The molecule has 1 aliphatic heterocycles. The quantitative estimate of drug-likeness (QED) is 0.859. The molecule has 1 aliphatic rings. The van der Waals surface area contributed by atoms with Crippen molar-refractivity contribution in [3.63, 3.8) is 0 Å². The predicted octanol–water partition coefficient (Wildman–Crippen LogP) is 1.60. The van der Waals surface area contributed by atoms with Gasteiger partial charge in [-0.05, 0) is 18.6 Å². The first-order valence-electron chi connectivity index (χ1n) is 6.35. The normalized spacial score (nSPS) is 18.1. The Morgan fingerprint density at radius 2 is 2.20 bits per heavy atom. The molecular formula is C13H14N4O2S. The first kappa shape index (κ1) is 13.1. The second-order valence-electron chi connectivity index (χ2n) is 4.58. The van der Waals surface area contributed by atoms with Gasteiger partial charge in [0.1, 0.15) is 5.01 Å². The molecule has 0 N–H and O–H groups in total. The number of carbonyl (C=O) groups excluding carboxylic acids is 1. The third-order valence-electron chi connectivity index (χ3n) is 3.24. The fraction of sp³-hybridized carbons (Fsp3) is 0.385. The zero-order chi connectivity index (χ0) is 13.9. The van der Waals surface area contributed by atoms with E-state index >= 15 is 0 Å². The van der Waals surface area contributed by atoms with Gasteiger partial charge in [0.2, 0.25) is 11.0 Å². The van der Waals surface area contributed by atoms with Gasteiger partial charge in [-0.3, -0.25) is 14.7 Å². The van der Waals surface area contributed by atoms with Crippen molar-refractivity contribution in [3.8, 4) is 10.6 Å². The molecule has 104 valence electrons. The fourth-order valence-corrected chi connectivity index (χ4v) is 2.88. The number of pyridine rings is 1. The molecule has 1 saturated heterocycles. The molecule has 2 aromatic heterocycles. The average Bonchev–Trinajstić information content (AvgIpc) is 3.18. The highest BCUT2D eigenvalue weighted by Crippen LogP contribution is 2.29. The number of nitrogens with zero attached hydrogens (tertiary/aromatic N) is 4. The van der Waals surface area contributed by atoms with E-state index in [1.165, 1.54) is 11.3 Å². The molecule has 0 saturated carbocycles. The Hall–Kier alpha value is -1.86. The molecule has 7 heteroatoms. The monoisotopic (exact) mass is 290 g/mol. The number of amides is 1. The van der Waals surface area contributed by atoms with Crippen molar-refractivity contribution < 1.29 is 9.53 Å². The zero-order valence-corrected chi connectivity index (χ0v) is 11.8. The standard InChI is InChI=1S/C13H14N4O2S/c1-17(12(18)10-4-7-19-8-10)13-16-15-11(20-13)9-2-5-14-6-3-9/h2-3,5-6,10H,4,7-8H2,1H3/t10-/m0/s1. The van der Waals surface area contributed by atoms with E-state index < -0.39 is 0 Å². The Morgan fingerprint density at radius 3 is 2.90 bits per heavy atom. The van der Waals surface area contributed by atoms with Gasteiger partial charge in [-0.15, -0.1) is 10.2 Å². The second-order valence-corrected chi connectivity index (χ2v) is 5.54. The number of carbonyl (C=O) groups is 1. The zero-order valence-electron chi connectivity index (χ0n) is 11.0. The number of ether oxygens (including phenoxy) is 1. The van der Waals surface area contributed by atoms with E-state index in [4.69, 9.17) is 4.74 Å². The van der Waals surface area contributed by atoms with Crippen LogP contribution in [0.3, 0.4) is 0 Å². The minimum Gasteiger partial charge on any atom is -0.381 e. The number of aromatic nitrogens is 3. The molecule has 0 aliphatic carbocycles. The summed E-state index contributed by atoms with van der Waals surface area (Å²) in [5, 5.41) is 9.62. The Morgan fingerprint density at radius 1 is 1.40 bits per heavy atom. The van der Waals surface area contributed by atoms with Crippen LogP contribution in [0.1, 0.15) is 6.42 Å². The van der Waals surface area contributed by atoms with Crippen LogP contribution in [0.25, 0.3) is 10.6 Å². The lowest BCUT2D eigenvalue weighted by atomic mass is 10.1. The Bertz CT molecular complexity index is 595. The summed E-state index contributed by atoms with van der Waals surface area (Å²) in [6.45, 7) is 1.15. The van der Waals surface area contributed by atoms with Crippen LogP contribution >= 0.6 is 11.3 Å². The largest absolute Gasteiger partial charge is 0.381 e. The maximum absolute atomic E-state index is 12.3. The van der Waals surface area contributed by atoms with E-state index in [1.807, 2.05) is 12.1 Å². The van der Waals surface area contributed by atoms with Gasteiger partial charge >= 0.3 is 0 Å². The molecule has 1 amide bonds. The Labute approximate surface area is 120 Å². The topological polar surface area (TPSA) is 68.2 Å². The molecule has 6 nitrogen and oxygen atoms in total. The van der Waals surface area contributed by atoms with Crippen molar-refractivity contribution in [2.75, 3.05) is 25.2 Å². The summed E-state index contributed by atoms with van der Waals surface area (Å²) >= 11 is 1.40. The minimum atomic E-state index is -0.0618. The SMILES string of the molecule is CN(C(=O)[C@H]1CCOC1)c1nnc(-c2ccncc2)s1. The summed E-state index contributed by atoms with van der Waals surface area (Å²) in [5.74, 6) is -0.0202. The molecule has 0 bridgehead atoms. The van der Waals surface area contributed by atoms with Crippen molar-refractivity contribution in [1.82, 2.24) is 15.2 Å². The predicted molar refractivity (Wildman–Crippen MR) is 75.5 cm³/mol. The highest BCUT2D eigenvalue weighted by molar-refractivity contribution is 7.18. The Kier molecular flexibility index (Phi) is 3.70. The van der Waals surface area contributed by atoms with Gasteiger partial charge in [-0.1, -0.05) is 11.3 Å². The van der Waals surface area contributed by atoms with E-state index in [0.717, 1.165) is 17.0 Å². The summed E-state index contributed by atoms with van der Waals surface area (Å²) in [4.78, 5) is 17.8. The van der Waals surface area contributed by atoms with Crippen LogP contribution < -0.4 is 4.90 Å². The summed E-state index contributed by atoms with van der Waals surface area (Å²) in [6, 6.07) is 3.74. The molecule has 3 heterocycles. The van der Waals surface area contributed by atoms with Crippen molar-refractivity contribution >= 4 is 22.4 Å².